The second-order valence-corrected chi connectivity index (χ2v) is 4.77. The van der Waals surface area contributed by atoms with Gasteiger partial charge in [0.15, 0.2) is 5.82 Å². The van der Waals surface area contributed by atoms with Gasteiger partial charge < -0.3 is 5.32 Å². The molecule has 3 rings (SSSR count). The van der Waals surface area contributed by atoms with Gasteiger partial charge >= 0.3 is 0 Å². The number of halogens is 1. The van der Waals surface area contributed by atoms with E-state index in [2.05, 4.69) is 20.3 Å². The number of aromatic nitrogens is 3. The van der Waals surface area contributed by atoms with Gasteiger partial charge in [0, 0.05) is 30.9 Å². The predicted octanol–water partition coefficient (Wildman–Crippen LogP) is 3.11. The van der Waals surface area contributed by atoms with Crippen LogP contribution in [0.5, 0.6) is 0 Å². The minimum atomic E-state index is 0.571. The Morgan fingerprint density at radius 2 is 2.17 bits per heavy atom. The zero-order valence-corrected chi connectivity index (χ0v) is 10.8. The van der Waals surface area contributed by atoms with Gasteiger partial charge in [0.25, 0.3) is 0 Å². The number of nitrogens with one attached hydrogen (secondary N) is 1. The van der Waals surface area contributed by atoms with E-state index in [1.807, 2.05) is 13.1 Å². The molecule has 5 heteroatoms. The summed E-state index contributed by atoms with van der Waals surface area (Å²) in [4.78, 5) is 13.3. The van der Waals surface area contributed by atoms with E-state index in [4.69, 9.17) is 11.6 Å². The quantitative estimate of drug-likeness (QED) is 0.921. The number of hydrogen-bond donors (Lipinski definition) is 1. The number of pyridine rings is 1. The highest BCUT2D eigenvalue weighted by Gasteiger charge is 2.26. The molecule has 0 aliphatic heterocycles. The predicted molar refractivity (Wildman–Crippen MR) is 71.8 cm³/mol. The van der Waals surface area contributed by atoms with Gasteiger partial charge in [-0.2, -0.15) is 0 Å². The Morgan fingerprint density at radius 3 is 2.83 bits per heavy atom. The standard InChI is InChI=1S/C13H13ClN4/c1-15-11-7-10(8-4-5-8)17-13(18-11)12-9(14)3-2-6-16-12/h2-3,6-8H,4-5H2,1H3,(H,15,17,18). The van der Waals surface area contributed by atoms with E-state index in [0.29, 0.717) is 22.5 Å². The molecule has 0 atom stereocenters. The van der Waals surface area contributed by atoms with Crippen molar-refractivity contribution in [3.63, 3.8) is 0 Å². The molecule has 0 bridgehead atoms. The fourth-order valence-electron chi connectivity index (χ4n) is 1.84. The van der Waals surface area contributed by atoms with Gasteiger partial charge in [-0.1, -0.05) is 11.6 Å². The van der Waals surface area contributed by atoms with Crippen LogP contribution in [0.25, 0.3) is 11.5 Å². The van der Waals surface area contributed by atoms with Crippen LogP contribution in [0, 0.1) is 0 Å². The van der Waals surface area contributed by atoms with Crippen LogP contribution in [0.2, 0.25) is 5.02 Å². The van der Waals surface area contributed by atoms with Crippen molar-refractivity contribution in [2.24, 2.45) is 0 Å². The molecular formula is C13H13ClN4. The van der Waals surface area contributed by atoms with Crippen molar-refractivity contribution < 1.29 is 0 Å². The SMILES string of the molecule is CNc1cc(C2CC2)nc(-c2ncccc2Cl)n1. The number of nitrogens with zero attached hydrogens (tertiary/aromatic N) is 3. The molecule has 2 aromatic heterocycles. The normalized spacial score (nSPS) is 14.6. The van der Waals surface area contributed by atoms with E-state index < -0.39 is 0 Å². The monoisotopic (exact) mass is 260 g/mol. The first kappa shape index (κ1) is 11.4. The van der Waals surface area contributed by atoms with Gasteiger partial charge in [0.1, 0.15) is 11.5 Å². The van der Waals surface area contributed by atoms with Crippen LogP contribution in [-0.2, 0) is 0 Å². The molecule has 1 saturated carbocycles. The van der Waals surface area contributed by atoms with E-state index in [9.17, 15) is 0 Å². The van der Waals surface area contributed by atoms with Gasteiger partial charge in [-0.15, -0.1) is 0 Å². The van der Waals surface area contributed by atoms with Crippen LogP contribution in [0.3, 0.4) is 0 Å². The molecule has 2 heterocycles. The molecule has 0 spiro atoms. The zero-order valence-electron chi connectivity index (χ0n) is 10.0. The molecule has 1 aliphatic carbocycles. The maximum atomic E-state index is 6.14. The Kier molecular flexibility index (Phi) is 2.88. The highest BCUT2D eigenvalue weighted by atomic mass is 35.5. The van der Waals surface area contributed by atoms with Crippen LogP contribution in [0.15, 0.2) is 24.4 Å². The van der Waals surface area contributed by atoms with Crippen LogP contribution in [0.4, 0.5) is 5.82 Å². The molecule has 92 valence electrons. The van der Waals surface area contributed by atoms with Crippen molar-refractivity contribution in [3.8, 4) is 11.5 Å². The average molecular weight is 261 g/mol. The van der Waals surface area contributed by atoms with Crippen LogP contribution < -0.4 is 5.32 Å². The van der Waals surface area contributed by atoms with E-state index in [1.54, 1.807) is 18.3 Å². The number of rotatable bonds is 3. The molecule has 0 radical (unpaired) electrons. The molecule has 18 heavy (non-hydrogen) atoms. The molecule has 1 aliphatic rings. The third-order valence-corrected chi connectivity index (χ3v) is 3.27. The first-order valence-corrected chi connectivity index (χ1v) is 6.33. The van der Waals surface area contributed by atoms with Gasteiger partial charge in [0.05, 0.1) is 5.02 Å². The molecular weight excluding hydrogens is 248 g/mol. The largest absolute Gasteiger partial charge is 0.373 e. The first-order chi connectivity index (χ1) is 8.78. The molecule has 0 unspecified atom stereocenters. The molecule has 0 amide bonds. The Labute approximate surface area is 110 Å². The van der Waals surface area contributed by atoms with E-state index in [-0.39, 0.29) is 0 Å². The summed E-state index contributed by atoms with van der Waals surface area (Å²) in [6, 6.07) is 5.60. The second-order valence-electron chi connectivity index (χ2n) is 4.36. The van der Waals surface area contributed by atoms with Gasteiger partial charge in [-0.25, -0.2) is 9.97 Å². The summed E-state index contributed by atoms with van der Waals surface area (Å²) in [6.07, 6.45) is 4.11. The Bertz CT molecular complexity index is 581. The third-order valence-electron chi connectivity index (χ3n) is 2.97. The van der Waals surface area contributed by atoms with Crippen molar-refractivity contribution in [3.05, 3.63) is 35.1 Å². The van der Waals surface area contributed by atoms with E-state index >= 15 is 0 Å². The topological polar surface area (TPSA) is 50.7 Å². The summed E-state index contributed by atoms with van der Waals surface area (Å²) in [6.45, 7) is 0. The lowest BCUT2D eigenvalue weighted by molar-refractivity contribution is 0.988. The van der Waals surface area contributed by atoms with Crippen molar-refractivity contribution in [2.45, 2.75) is 18.8 Å². The fourth-order valence-corrected chi connectivity index (χ4v) is 2.04. The summed E-state index contributed by atoms with van der Waals surface area (Å²) < 4.78 is 0. The molecule has 2 aromatic rings. The Morgan fingerprint density at radius 1 is 1.33 bits per heavy atom. The summed E-state index contributed by atoms with van der Waals surface area (Å²) in [7, 11) is 1.85. The highest BCUT2D eigenvalue weighted by Crippen LogP contribution is 2.40. The maximum Gasteiger partial charge on any atom is 0.181 e. The fraction of sp³-hybridized carbons (Fsp3) is 0.308. The number of hydrogen-bond acceptors (Lipinski definition) is 4. The molecule has 0 saturated heterocycles. The lowest BCUT2D eigenvalue weighted by Crippen LogP contribution is -2.01. The van der Waals surface area contributed by atoms with Crippen molar-refractivity contribution >= 4 is 17.4 Å². The zero-order chi connectivity index (χ0) is 12.5. The lowest BCUT2D eigenvalue weighted by atomic mass is 10.2. The van der Waals surface area contributed by atoms with E-state index in [1.165, 1.54) is 12.8 Å². The third kappa shape index (κ3) is 2.16. The summed E-state index contributed by atoms with van der Waals surface area (Å²) >= 11 is 6.14. The minimum absolute atomic E-state index is 0.571. The molecule has 1 N–H and O–H groups in total. The number of anilines is 1. The lowest BCUT2D eigenvalue weighted by Gasteiger charge is -2.07. The Hall–Kier alpha value is -1.68. The van der Waals surface area contributed by atoms with Gasteiger partial charge in [-0.3, -0.25) is 4.98 Å². The van der Waals surface area contributed by atoms with Crippen molar-refractivity contribution in [1.82, 2.24) is 15.0 Å². The van der Waals surface area contributed by atoms with E-state index in [0.717, 1.165) is 11.5 Å². The highest BCUT2D eigenvalue weighted by molar-refractivity contribution is 6.32. The van der Waals surface area contributed by atoms with Crippen LogP contribution in [-0.4, -0.2) is 22.0 Å². The van der Waals surface area contributed by atoms with Gasteiger partial charge in [0.2, 0.25) is 0 Å². The summed E-state index contributed by atoms with van der Waals surface area (Å²) in [5.74, 6) is 1.97. The second kappa shape index (κ2) is 4.53. The van der Waals surface area contributed by atoms with Crippen LogP contribution in [0.1, 0.15) is 24.5 Å². The molecule has 0 aromatic carbocycles. The maximum absolute atomic E-state index is 6.14. The minimum Gasteiger partial charge on any atom is -0.373 e. The van der Waals surface area contributed by atoms with Crippen molar-refractivity contribution in [1.29, 1.82) is 0 Å². The first-order valence-electron chi connectivity index (χ1n) is 5.95. The van der Waals surface area contributed by atoms with Gasteiger partial charge in [-0.05, 0) is 25.0 Å². The molecule has 4 nitrogen and oxygen atoms in total. The summed E-state index contributed by atoms with van der Waals surface area (Å²) in [5.41, 5.74) is 1.71. The summed E-state index contributed by atoms with van der Waals surface area (Å²) in [5, 5.41) is 3.63. The molecule has 1 fully saturated rings. The average Bonchev–Trinajstić information content (AvgIpc) is 3.23. The smallest absolute Gasteiger partial charge is 0.181 e. The van der Waals surface area contributed by atoms with Crippen LogP contribution >= 0.6 is 11.6 Å². The van der Waals surface area contributed by atoms with Crippen molar-refractivity contribution in [2.75, 3.05) is 12.4 Å². The Balaban J connectivity index is 2.10.